The van der Waals surface area contributed by atoms with E-state index in [9.17, 15) is 24.4 Å². The average molecular weight is 537 g/mol. The molecule has 5 rings (SSSR count). The number of anilines is 1. The van der Waals surface area contributed by atoms with Gasteiger partial charge in [0.05, 0.1) is 23.4 Å². The number of phenols is 1. The number of rotatable bonds is 6. The van der Waals surface area contributed by atoms with Gasteiger partial charge in [-0.3, -0.25) is 15.0 Å². The van der Waals surface area contributed by atoms with Crippen LogP contribution in [0.15, 0.2) is 58.7 Å². The lowest BCUT2D eigenvalue weighted by Gasteiger charge is -2.32. The predicted molar refractivity (Wildman–Crippen MR) is 148 cm³/mol. The van der Waals surface area contributed by atoms with Crippen LogP contribution in [0.1, 0.15) is 56.9 Å². The molecule has 2 unspecified atom stereocenters. The van der Waals surface area contributed by atoms with Crippen LogP contribution in [-0.4, -0.2) is 56.9 Å². The van der Waals surface area contributed by atoms with Gasteiger partial charge in [-0.15, -0.1) is 0 Å². The lowest BCUT2D eigenvalue weighted by Crippen LogP contribution is -2.40. The lowest BCUT2D eigenvalue weighted by atomic mass is 9.77. The summed E-state index contributed by atoms with van der Waals surface area (Å²) in [4.78, 5) is 24.7. The van der Waals surface area contributed by atoms with E-state index in [0.717, 1.165) is 18.1 Å². The second kappa shape index (κ2) is 10.7. The van der Waals surface area contributed by atoms with Crippen molar-refractivity contribution in [1.82, 2.24) is 5.01 Å². The summed E-state index contributed by atoms with van der Waals surface area (Å²) in [6.45, 7) is 1.72. The number of aliphatic carboxylic acids is 1. The van der Waals surface area contributed by atoms with Gasteiger partial charge in [-0.2, -0.15) is 10.2 Å². The van der Waals surface area contributed by atoms with Crippen molar-refractivity contribution in [3.63, 3.8) is 0 Å². The maximum Gasteiger partial charge on any atom is 0.306 e. The van der Waals surface area contributed by atoms with Gasteiger partial charge in [-0.1, -0.05) is 48.9 Å². The van der Waals surface area contributed by atoms with E-state index in [2.05, 4.69) is 15.6 Å². The van der Waals surface area contributed by atoms with Crippen LogP contribution in [0, 0.1) is 5.92 Å². The van der Waals surface area contributed by atoms with Crippen LogP contribution in [-0.2, 0) is 14.2 Å². The summed E-state index contributed by atoms with van der Waals surface area (Å²) in [6.07, 6.45) is 5.04. The Morgan fingerprint density at radius 2 is 1.82 bits per heavy atom. The number of hydrogen-bond acceptors (Lipinski definition) is 7. The lowest BCUT2D eigenvalue weighted by molar-refractivity contribution is -0.143. The molecule has 2 atom stereocenters. The van der Waals surface area contributed by atoms with E-state index < -0.39 is 19.0 Å². The molecule has 2 fully saturated rings. The van der Waals surface area contributed by atoms with Crippen molar-refractivity contribution in [2.45, 2.75) is 57.4 Å². The smallest absolute Gasteiger partial charge is 0.306 e. The molecule has 9 nitrogen and oxygen atoms in total. The van der Waals surface area contributed by atoms with Gasteiger partial charge in [0.2, 0.25) is 0 Å². The first-order chi connectivity index (χ1) is 18.3. The Kier molecular flexibility index (Phi) is 7.39. The third-order valence-corrected chi connectivity index (χ3v) is 11.2. The van der Waals surface area contributed by atoms with Crippen LogP contribution in [0.3, 0.4) is 0 Å². The Bertz CT molecular complexity index is 1330. The molecule has 1 saturated carbocycles. The first-order valence-electron chi connectivity index (χ1n) is 13.2. The summed E-state index contributed by atoms with van der Waals surface area (Å²) in [6, 6.07) is 14.7. The number of hydrazone groups is 2. The summed E-state index contributed by atoms with van der Waals surface area (Å²) < 4.78 is 13.5. The molecule has 2 heterocycles. The van der Waals surface area contributed by atoms with Gasteiger partial charge in [0, 0.05) is 17.6 Å². The molecule has 2 aromatic carbocycles. The van der Waals surface area contributed by atoms with Crippen molar-refractivity contribution in [3.05, 3.63) is 54.1 Å². The van der Waals surface area contributed by atoms with E-state index in [1.165, 1.54) is 5.01 Å². The van der Waals surface area contributed by atoms with E-state index >= 15 is 0 Å². The molecule has 0 radical (unpaired) electrons. The van der Waals surface area contributed by atoms with Gasteiger partial charge in [-0.25, -0.2) is 5.01 Å². The highest BCUT2D eigenvalue weighted by Gasteiger charge is 2.40. The zero-order chi connectivity index (χ0) is 26.9. The summed E-state index contributed by atoms with van der Waals surface area (Å²) in [7, 11) is -2.47. The number of para-hydroxylation sites is 1. The molecule has 3 N–H and O–H groups in total. The first-order valence-corrected chi connectivity index (χ1v) is 15.3. The van der Waals surface area contributed by atoms with Crippen LogP contribution >= 0.6 is 7.14 Å². The summed E-state index contributed by atoms with van der Waals surface area (Å²) in [5.41, 5.74) is 4.54. The number of carboxylic acids is 1. The molecule has 1 saturated heterocycles. The van der Waals surface area contributed by atoms with Gasteiger partial charge < -0.3 is 14.8 Å². The number of carbonyl (C=O) groups is 2. The molecule has 3 aliphatic rings. The summed E-state index contributed by atoms with van der Waals surface area (Å²) >= 11 is 0. The van der Waals surface area contributed by atoms with Crippen molar-refractivity contribution < 1.29 is 24.4 Å². The van der Waals surface area contributed by atoms with Crippen molar-refractivity contribution in [2.75, 3.05) is 17.7 Å². The van der Waals surface area contributed by atoms with E-state index in [4.69, 9.17) is 0 Å². The van der Waals surface area contributed by atoms with Crippen LogP contribution in [0.25, 0.3) is 0 Å². The van der Waals surface area contributed by atoms with Crippen LogP contribution < -0.4 is 10.7 Å². The molecule has 10 heteroatoms. The Balaban J connectivity index is 1.26. The number of nitrogens with one attached hydrogen (secondary N) is 1. The Labute approximate surface area is 222 Å². The van der Waals surface area contributed by atoms with Crippen molar-refractivity contribution >= 4 is 41.4 Å². The quantitative estimate of drug-likeness (QED) is 0.281. The fourth-order valence-corrected chi connectivity index (χ4v) is 8.75. The van der Waals surface area contributed by atoms with Gasteiger partial charge in [0.15, 0.2) is 5.71 Å². The normalized spacial score (nSPS) is 28.8. The first kappa shape index (κ1) is 26.2. The monoisotopic (exact) mass is 536 g/mol. The fraction of sp³-hybridized carbons (Fsp3) is 0.429. The summed E-state index contributed by atoms with van der Waals surface area (Å²) in [5, 5.41) is 31.5. The zero-order valence-corrected chi connectivity index (χ0v) is 22.3. The van der Waals surface area contributed by atoms with Crippen LogP contribution in [0.5, 0.6) is 5.75 Å². The van der Waals surface area contributed by atoms with Gasteiger partial charge >= 0.3 is 5.97 Å². The number of carboxylic acid groups (broad SMARTS) is 1. The highest BCUT2D eigenvalue weighted by Crippen LogP contribution is 2.50. The summed E-state index contributed by atoms with van der Waals surface area (Å²) in [5.74, 6) is -1.55. The largest absolute Gasteiger partial charge is 0.505 e. The standard InChI is InChI=1S/C28H33N4O5P/c1-18-25(27(34)32(31-18)21-13-15-38(37,16-14-21)22-9-3-2-4-10-22)30-29-24-12-6-11-23(26(24)33)19-7-5-8-20(17-19)28(35)36/h2-4,6,9-12,19-21,29,33H,5,7-8,13-17H2,1H3,(H,35,36)/b30-25-. The molecule has 2 aliphatic heterocycles. The van der Waals surface area contributed by atoms with E-state index in [-0.39, 0.29) is 29.3 Å². The maximum atomic E-state index is 13.5. The second-order valence-electron chi connectivity index (χ2n) is 10.5. The highest BCUT2D eigenvalue weighted by molar-refractivity contribution is 7.71. The van der Waals surface area contributed by atoms with Gasteiger partial charge in [-0.05, 0) is 56.6 Å². The Morgan fingerprint density at radius 1 is 1.08 bits per heavy atom. The number of phenolic OH excluding ortho intramolecular Hbond substituents is 1. The van der Waals surface area contributed by atoms with Crippen LogP contribution in [0.2, 0.25) is 0 Å². The highest BCUT2D eigenvalue weighted by atomic mass is 31.2. The molecular formula is C28H33N4O5P. The second-order valence-corrected chi connectivity index (χ2v) is 13.6. The zero-order valence-electron chi connectivity index (χ0n) is 21.4. The predicted octanol–water partition coefficient (Wildman–Crippen LogP) is 4.59. The van der Waals surface area contributed by atoms with E-state index in [1.807, 2.05) is 36.4 Å². The minimum Gasteiger partial charge on any atom is -0.505 e. The fourth-order valence-electron chi connectivity index (χ4n) is 5.86. The van der Waals surface area contributed by atoms with Crippen molar-refractivity contribution in [3.8, 4) is 5.75 Å². The van der Waals surface area contributed by atoms with E-state index in [1.54, 1.807) is 19.1 Å². The van der Waals surface area contributed by atoms with E-state index in [0.29, 0.717) is 55.0 Å². The minimum absolute atomic E-state index is 0.0220. The molecule has 38 heavy (non-hydrogen) atoms. The third-order valence-electron chi connectivity index (χ3n) is 8.05. The molecular weight excluding hydrogens is 503 g/mol. The number of amides is 1. The molecule has 200 valence electrons. The maximum absolute atomic E-state index is 13.5. The van der Waals surface area contributed by atoms with Crippen LogP contribution in [0.4, 0.5) is 5.69 Å². The molecule has 1 aliphatic carbocycles. The van der Waals surface area contributed by atoms with Crippen molar-refractivity contribution in [2.24, 2.45) is 16.1 Å². The van der Waals surface area contributed by atoms with Gasteiger partial charge in [0.25, 0.3) is 5.91 Å². The van der Waals surface area contributed by atoms with Gasteiger partial charge in [0.1, 0.15) is 12.9 Å². The molecule has 0 aromatic heterocycles. The third kappa shape index (κ3) is 5.12. The minimum atomic E-state index is -2.47. The Morgan fingerprint density at radius 3 is 2.53 bits per heavy atom. The average Bonchev–Trinajstić information content (AvgIpc) is 3.21. The molecule has 2 aromatic rings. The Hall–Kier alpha value is -3.45. The SMILES string of the molecule is CC1=NN(C2CCP(=O)(c3ccccc3)CC2)C(=O)/C1=N\Nc1cccc(C2CCCC(C(=O)O)C2)c1O. The number of carbonyl (C=O) groups excluding carboxylic acids is 1. The number of hydrogen-bond donors (Lipinski definition) is 3. The molecule has 1 amide bonds. The number of benzene rings is 2. The number of aromatic hydroxyl groups is 1. The number of nitrogens with zero attached hydrogens (tertiary/aromatic N) is 3. The topological polar surface area (TPSA) is 132 Å². The molecule has 0 bridgehead atoms. The molecule has 0 spiro atoms. The van der Waals surface area contributed by atoms with Crippen molar-refractivity contribution in [1.29, 1.82) is 0 Å².